The third-order valence-electron chi connectivity index (χ3n) is 4.50. The Morgan fingerprint density at radius 2 is 2.00 bits per heavy atom. The van der Waals surface area contributed by atoms with Crippen LogP contribution in [0.4, 0.5) is 5.69 Å². The SMILES string of the molecule is CNC(=O)/C(C#N)=C1\S[C@H](Cc2cc(Cl)ccc2Cl)C(=O)N1c1ccccc1C. The van der Waals surface area contributed by atoms with Gasteiger partial charge in [0.25, 0.3) is 5.91 Å². The van der Waals surface area contributed by atoms with Gasteiger partial charge in [0.2, 0.25) is 5.91 Å². The molecular weight excluding hydrogens is 429 g/mol. The summed E-state index contributed by atoms with van der Waals surface area (Å²) in [5, 5.41) is 12.9. The molecule has 3 rings (SSSR count). The lowest BCUT2D eigenvalue weighted by atomic mass is 10.1. The summed E-state index contributed by atoms with van der Waals surface area (Å²) in [4.78, 5) is 27.1. The van der Waals surface area contributed by atoms with Crippen molar-refractivity contribution in [1.82, 2.24) is 5.32 Å². The van der Waals surface area contributed by atoms with Crippen molar-refractivity contribution < 1.29 is 9.59 Å². The van der Waals surface area contributed by atoms with E-state index < -0.39 is 11.2 Å². The Morgan fingerprint density at radius 3 is 2.66 bits per heavy atom. The van der Waals surface area contributed by atoms with E-state index in [4.69, 9.17) is 23.2 Å². The van der Waals surface area contributed by atoms with E-state index in [1.54, 1.807) is 24.3 Å². The summed E-state index contributed by atoms with van der Waals surface area (Å²) in [6.45, 7) is 1.87. The van der Waals surface area contributed by atoms with Crippen molar-refractivity contribution in [3.8, 4) is 6.07 Å². The van der Waals surface area contributed by atoms with Crippen molar-refractivity contribution in [3.05, 3.63) is 74.2 Å². The van der Waals surface area contributed by atoms with E-state index >= 15 is 0 Å². The molecular formula is C21H17Cl2N3O2S. The fourth-order valence-corrected chi connectivity index (χ4v) is 4.72. The minimum absolute atomic E-state index is 0.103. The highest BCUT2D eigenvalue weighted by Crippen LogP contribution is 2.43. The first-order valence-corrected chi connectivity index (χ1v) is 10.4. The molecule has 1 aliphatic heterocycles. The smallest absolute Gasteiger partial charge is 0.264 e. The monoisotopic (exact) mass is 445 g/mol. The van der Waals surface area contributed by atoms with E-state index in [9.17, 15) is 14.9 Å². The first-order chi connectivity index (χ1) is 13.9. The second-order valence-corrected chi connectivity index (χ2v) is 8.41. The van der Waals surface area contributed by atoms with Gasteiger partial charge in [-0.05, 0) is 48.7 Å². The molecule has 1 atom stereocenters. The highest BCUT2D eigenvalue weighted by molar-refractivity contribution is 8.05. The molecule has 1 saturated heterocycles. The molecule has 2 aromatic rings. The van der Waals surface area contributed by atoms with Gasteiger partial charge in [-0.3, -0.25) is 14.5 Å². The predicted octanol–water partition coefficient (Wildman–Crippen LogP) is 4.47. The second kappa shape index (κ2) is 8.91. The number of benzene rings is 2. The van der Waals surface area contributed by atoms with E-state index in [1.807, 2.05) is 31.2 Å². The Kier molecular flexibility index (Phi) is 6.53. The number of carbonyl (C=O) groups is 2. The number of para-hydroxylation sites is 1. The fraction of sp³-hybridized carbons (Fsp3) is 0.190. The molecule has 1 aliphatic rings. The summed E-state index contributed by atoms with van der Waals surface area (Å²) in [7, 11) is 1.45. The van der Waals surface area contributed by atoms with Gasteiger partial charge in [0.05, 0.1) is 10.9 Å². The Balaban J connectivity index is 2.09. The lowest BCUT2D eigenvalue weighted by molar-refractivity contribution is -0.117. The number of nitrogens with zero attached hydrogens (tertiary/aromatic N) is 2. The number of amides is 2. The van der Waals surface area contributed by atoms with Gasteiger partial charge in [0.1, 0.15) is 16.7 Å². The zero-order valence-electron chi connectivity index (χ0n) is 15.7. The van der Waals surface area contributed by atoms with Crippen LogP contribution in [0.1, 0.15) is 11.1 Å². The molecule has 0 bridgehead atoms. The zero-order chi connectivity index (χ0) is 21.1. The summed E-state index contributed by atoms with van der Waals surface area (Å²) in [5.41, 5.74) is 2.12. The van der Waals surface area contributed by atoms with Gasteiger partial charge in [-0.15, -0.1) is 0 Å². The van der Waals surface area contributed by atoms with Crippen molar-refractivity contribution in [2.75, 3.05) is 11.9 Å². The average Bonchev–Trinajstić information content (AvgIpc) is 3.01. The quantitative estimate of drug-likeness (QED) is 0.556. The van der Waals surface area contributed by atoms with Crippen LogP contribution in [0.3, 0.4) is 0 Å². The third-order valence-corrected chi connectivity index (χ3v) is 6.37. The molecule has 1 fully saturated rings. The topological polar surface area (TPSA) is 73.2 Å². The van der Waals surface area contributed by atoms with Gasteiger partial charge in [0, 0.05) is 17.1 Å². The molecule has 0 aliphatic carbocycles. The fourth-order valence-electron chi connectivity index (χ4n) is 3.04. The largest absolute Gasteiger partial charge is 0.354 e. The number of likely N-dealkylation sites (N-methyl/N-ethyl adjacent to an activating group) is 1. The molecule has 5 nitrogen and oxygen atoms in total. The number of thioether (sulfide) groups is 1. The number of halogens is 2. The minimum atomic E-state index is -0.548. The van der Waals surface area contributed by atoms with E-state index in [1.165, 1.54) is 23.7 Å². The summed E-state index contributed by atoms with van der Waals surface area (Å²) in [6.07, 6.45) is 0.321. The number of nitrogens with one attached hydrogen (secondary N) is 1. The first kappa shape index (κ1) is 21.3. The van der Waals surface area contributed by atoms with Crippen LogP contribution in [0.15, 0.2) is 53.1 Å². The van der Waals surface area contributed by atoms with Gasteiger partial charge in [0.15, 0.2) is 0 Å². The molecule has 0 unspecified atom stereocenters. The molecule has 0 aromatic heterocycles. The van der Waals surface area contributed by atoms with Gasteiger partial charge in [-0.1, -0.05) is 53.2 Å². The van der Waals surface area contributed by atoms with Gasteiger partial charge >= 0.3 is 0 Å². The summed E-state index contributed by atoms with van der Waals surface area (Å²) in [5.74, 6) is -0.755. The van der Waals surface area contributed by atoms with Gasteiger partial charge < -0.3 is 5.32 Å². The number of hydrogen-bond acceptors (Lipinski definition) is 4. The number of aryl methyl sites for hydroxylation is 1. The van der Waals surface area contributed by atoms with E-state index in [0.717, 1.165) is 11.1 Å². The second-order valence-electron chi connectivity index (χ2n) is 6.38. The maximum Gasteiger partial charge on any atom is 0.264 e. The van der Waals surface area contributed by atoms with Crippen LogP contribution in [-0.2, 0) is 16.0 Å². The van der Waals surface area contributed by atoms with Crippen molar-refractivity contribution in [2.45, 2.75) is 18.6 Å². The Hall–Kier alpha value is -2.46. The predicted molar refractivity (Wildman–Crippen MR) is 117 cm³/mol. The van der Waals surface area contributed by atoms with Crippen molar-refractivity contribution in [1.29, 1.82) is 5.26 Å². The van der Waals surface area contributed by atoms with Crippen LogP contribution in [0.2, 0.25) is 10.0 Å². The molecule has 2 aromatic carbocycles. The maximum absolute atomic E-state index is 13.4. The normalized spacial score (nSPS) is 17.8. The number of rotatable bonds is 4. The maximum atomic E-state index is 13.4. The molecule has 0 radical (unpaired) electrons. The molecule has 1 N–H and O–H groups in total. The zero-order valence-corrected chi connectivity index (χ0v) is 18.0. The Labute approximate surface area is 183 Å². The van der Waals surface area contributed by atoms with Gasteiger partial charge in [-0.2, -0.15) is 5.26 Å². The Morgan fingerprint density at radius 1 is 1.28 bits per heavy atom. The summed E-state index contributed by atoms with van der Waals surface area (Å²) in [6, 6.07) is 14.4. The highest BCUT2D eigenvalue weighted by Gasteiger charge is 2.41. The molecule has 148 valence electrons. The summed E-state index contributed by atoms with van der Waals surface area (Å²) >= 11 is 13.5. The van der Waals surface area contributed by atoms with Crippen molar-refractivity contribution in [2.24, 2.45) is 0 Å². The standard InChI is InChI=1S/C21H17Cl2N3O2S/c1-12-5-3-4-6-17(12)26-20(28)18(10-13-9-14(22)7-8-16(13)23)29-21(26)15(11-24)19(27)25-2/h3-9,18H,10H2,1-2H3,(H,25,27)/b21-15-/t18-/m1/s1. The molecule has 1 heterocycles. The minimum Gasteiger partial charge on any atom is -0.354 e. The third kappa shape index (κ3) is 4.27. The number of carbonyl (C=O) groups excluding carboxylic acids is 2. The van der Waals surface area contributed by atoms with Crippen LogP contribution in [0, 0.1) is 18.3 Å². The molecule has 8 heteroatoms. The van der Waals surface area contributed by atoms with Crippen LogP contribution in [-0.4, -0.2) is 24.1 Å². The van der Waals surface area contributed by atoms with Crippen molar-refractivity contribution in [3.63, 3.8) is 0 Å². The van der Waals surface area contributed by atoms with Crippen LogP contribution < -0.4 is 10.2 Å². The lowest BCUT2D eigenvalue weighted by Gasteiger charge is -2.20. The lowest BCUT2D eigenvalue weighted by Crippen LogP contribution is -2.32. The van der Waals surface area contributed by atoms with E-state index in [2.05, 4.69) is 5.32 Å². The van der Waals surface area contributed by atoms with Crippen LogP contribution in [0.25, 0.3) is 0 Å². The van der Waals surface area contributed by atoms with E-state index in [0.29, 0.717) is 27.2 Å². The number of nitriles is 1. The Bertz CT molecular complexity index is 1060. The van der Waals surface area contributed by atoms with Crippen LogP contribution >= 0.6 is 35.0 Å². The molecule has 0 saturated carbocycles. The number of anilines is 1. The summed E-state index contributed by atoms with van der Waals surface area (Å²) < 4.78 is 0. The first-order valence-electron chi connectivity index (χ1n) is 8.74. The van der Waals surface area contributed by atoms with Gasteiger partial charge in [-0.25, -0.2) is 0 Å². The van der Waals surface area contributed by atoms with E-state index in [-0.39, 0.29) is 11.5 Å². The van der Waals surface area contributed by atoms with Crippen LogP contribution in [0.5, 0.6) is 0 Å². The average molecular weight is 446 g/mol. The molecule has 29 heavy (non-hydrogen) atoms. The van der Waals surface area contributed by atoms with Crippen molar-refractivity contribution >= 4 is 52.5 Å². The molecule has 0 spiro atoms. The number of hydrogen-bond donors (Lipinski definition) is 1. The highest BCUT2D eigenvalue weighted by atomic mass is 35.5. The molecule has 2 amide bonds.